The fourth-order valence-corrected chi connectivity index (χ4v) is 4.41. The molecule has 0 fully saturated rings. The van der Waals surface area contributed by atoms with E-state index in [4.69, 9.17) is 9.47 Å². The number of amides is 1. The van der Waals surface area contributed by atoms with Crippen LogP contribution in [0.2, 0.25) is 0 Å². The average Bonchev–Trinajstić information content (AvgIpc) is 2.78. The summed E-state index contributed by atoms with van der Waals surface area (Å²) in [6.45, 7) is 1.30. The minimum Gasteiger partial charge on any atom is -0.497 e. The molecule has 0 saturated carbocycles. The van der Waals surface area contributed by atoms with Gasteiger partial charge in [-0.2, -0.15) is 0 Å². The molecule has 0 spiro atoms. The number of nitrogens with one attached hydrogen (secondary N) is 1. The molecular weight excluding hydrogens is 435 g/mol. The van der Waals surface area contributed by atoms with Crippen LogP contribution in [0.15, 0.2) is 71.6 Å². The van der Waals surface area contributed by atoms with Gasteiger partial charge in [0.1, 0.15) is 23.9 Å². The van der Waals surface area contributed by atoms with Crippen LogP contribution in [0.5, 0.6) is 11.5 Å². The van der Waals surface area contributed by atoms with Gasteiger partial charge in [0.15, 0.2) is 0 Å². The van der Waals surface area contributed by atoms with Gasteiger partial charge in [0.2, 0.25) is 5.91 Å². The molecule has 0 bridgehead atoms. The molecule has 0 heterocycles. The van der Waals surface area contributed by atoms with Crippen molar-refractivity contribution in [3.05, 3.63) is 78.1 Å². The Morgan fingerprint density at radius 1 is 0.969 bits per heavy atom. The number of aryl methyl sites for hydroxylation is 1. The summed E-state index contributed by atoms with van der Waals surface area (Å²) in [6.07, 6.45) is 0. The molecule has 168 valence electrons. The standard InChI is InChI=1S/C23H23FN2O5S/c1-16-4-11-20(12-5-16)32(28,29)26(18-8-6-17(24)7-9-18)15-23(27)25-21-14-19(30-2)10-13-22(21)31-3/h4-14H,15H2,1-3H3,(H,25,27). The van der Waals surface area contributed by atoms with Gasteiger partial charge < -0.3 is 14.8 Å². The molecule has 0 aliphatic carbocycles. The Hall–Kier alpha value is -3.59. The molecule has 7 nitrogen and oxygen atoms in total. The van der Waals surface area contributed by atoms with E-state index < -0.39 is 28.3 Å². The zero-order valence-electron chi connectivity index (χ0n) is 17.8. The van der Waals surface area contributed by atoms with Gasteiger partial charge in [0, 0.05) is 6.07 Å². The highest BCUT2D eigenvalue weighted by Gasteiger charge is 2.27. The molecule has 1 amide bonds. The van der Waals surface area contributed by atoms with Crippen LogP contribution in [0.4, 0.5) is 15.8 Å². The lowest BCUT2D eigenvalue weighted by molar-refractivity contribution is -0.114. The third kappa shape index (κ3) is 5.17. The average molecular weight is 459 g/mol. The molecular formula is C23H23FN2O5S. The number of nitrogens with zero attached hydrogens (tertiary/aromatic N) is 1. The normalized spacial score (nSPS) is 11.0. The highest BCUT2D eigenvalue weighted by molar-refractivity contribution is 7.92. The third-order valence-corrected chi connectivity index (χ3v) is 6.48. The maximum absolute atomic E-state index is 13.4. The third-order valence-electron chi connectivity index (χ3n) is 4.69. The van der Waals surface area contributed by atoms with E-state index in [0.29, 0.717) is 17.2 Å². The van der Waals surface area contributed by atoms with Crippen LogP contribution >= 0.6 is 0 Å². The Kier molecular flexibility index (Phi) is 6.99. The van der Waals surface area contributed by atoms with Crippen LogP contribution in [0.25, 0.3) is 0 Å². The second kappa shape index (κ2) is 9.69. The molecule has 0 aromatic heterocycles. The molecule has 0 radical (unpaired) electrons. The van der Waals surface area contributed by atoms with Crippen molar-refractivity contribution in [3.63, 3.8) is 0 Å². The van der Waals surface area contributed by atoms with Crippen molar-refractivity contribution in [1.82, 2.24) is 0 Å². The number of sulfonamides is 1. The molecule has 3 rings (SSSR count). The molecule has 3 aromatic rings. The summed E-state index contributed by atoms with van der Waals surface area (Å²) >= 11 is 0. The Bertz CT molecular complexity index is 1200. The van der Waals surface area contributed by atoms with Gasteiger partial charge >= 0.3 is 0 Å². The van der Waals surface area contributed by atoms with Crippen molar-refractivity contribution in [1.29, 1.82) is 0 Å². The van der Waals surface area contributed by atoms with Crippen molar-refractivity contribution in [2.24, 2.45) is 0 Å². The zero-order valence-corrected chi connectivity index (χ0v) is 18.6. The monoisotopic (exact) mass is 458 g/mol. The topological polar surface area (TPSA) is 84.9 Å². The number of carbonyl (C=O) groups excluding carboxylic acids is 1. The molecule has 3 aromatic carbocycles. The van der Waals surface area contributed by atoms with E-state index >= 15 is 0 Å². The predicted octanol–water partition coefficient (Wildman–Crippen LogP) is 3.99. The van der Waals surface area contributed by atoms with E-state index in [1.54, 1.807) is 30.3 Å². The van der Waals surface area contributed by atoms with Gasteiger partial charge in [-0.1, -0.05) is 17.7 Å². The number of hydrogen-bond acceptors (Lipinski definition) is 5. The first kappa shape index (κ1) is 23.1. The number of ether oxygens (including phenoxy) is 2. The highest BCUT2D eigenvalue weighted by atomic mass is 32.2. The van der Waals surface area contributed by atoms with Crippen molar-refractivity contribution >= 4 is 27.3 Å². The fourth-order valence-electron chi connectivity index (χ4n) is 2.99. The smallest absolute Gasteiger partial charge is 0.264 e. The van der Waals surface area contributed by atoms with E-state index in [0.717, 1.165) is 22.0 Å². The van der Waals surface area contributed by atoms with Crippen molar-refractivity contribution in [2.75, 3.05) is 30.4 Å². The number of hydrogen-bond donors (Lipinski definition) is 1. The Balaban J connectivity index is 1.95. The summed E-state index contributed by atoms with van der Waals surface area (Å²) in [5, 5.41) is 2.66. The first-order valence-electron chi connectivity index (χ1n) is 9.61. The number of anilines is 2. The van der Waals surface area contributed by atoms with Crippen LogP contribution < -0.4 is 19.1 Å². The summed E-state index contributed by atoms with van der Waals surface area (Å²) < 4.78 is 51.5. The molecule has 0 unspecified atom stereocenters. The fraction of sp³-hybridized carbons (Fsp3) is 0.174. The number of rotatable bonds is 8. The summed E-state index contributed by atoms with van der Waals surface area (Å²) in [5.74, 6) is -0.263. The summed E-state index contributed by atoms with van der Waals surface area (Å²) in [5.41, 5.74) is 1.36. The van der Waals surface area contributed by atoms with E-state index in [2.05, 4.69) is 5.32 Å². The van der Waals surface area contributed by atoms with Crippen LogP contribution in [-0.4, -0.2) is 35.1 Å². The number of benzene rings is 3. The maximum atomic E-state index is 13.4. The number of halogens is 1. The van der Waals surface area contributed by atoms with Gasteiger partial charge in [-0.3, -0.25) is 9.10 Å². The Morgan fingerprint density at radius 3 is 2.22 bits per heavy atom. The highest BCUT2D eigenvalue weighted by Crippen LogP contribution is 2.29. The molecule has 0 saturated heterocycles. The van der Waals surface area contributed by atoms with Crippen LogP contribution in [-0.2, 0) is 14.8 Å². The van der Waals surface area contributed by atoms with Gasteiger partial charge in [-0.05, 0) is 55.5 Å². The number of carbonyl (C=O) groups is 1. The second-order valence-corrected chi connectivity index (χ2v) is 8.78. The number of methoxy groups -OCH3 is 2. The van der Waals surface area contributed by atoms with Gasteiger partial charge in [0.05, 0.1) is 30.5 Å². The van der Waals surface area contributed by atoms with Crippen molar-refractivity contribution in [2.45, 2.75) is 11.8 Å². The molecule has 1 N–H and O–H groups in total. The minimum absolute atomic E-state index is 0.0131. The quantitative estimate of drug-likeness (QED) is 0.552. The van der Waals surface area contributed by atoms with Gasteiger partial charge in [-0.15, -0.1) is 0 Å². The van der Waals surface area contributed by atoms with E-state index in [9.17, 15) is 17.6 Å². The summed E-state index contributed by atoms with van der Waals surface area (Å²) in [6, 6.07) is 16.0. The maximum Gasteiger partial charge on any atom is 0.264 e. The first-order valence-corrected chi connectivity index (χ1v) is 11.1. The van der Waals surface area contributed by atoms with Crippen LogP contribution in [0.1, 0.15) is 5.56 Å². The van der Waals surface area contributed by atoms with E-state index in [1.165, 1.54) is 38.5 Å². The zero-order chi connectivity index (χ0) is 23.3. The second-order valence-electron chi connectivity index (χ2n) is 6.92. The van der Waals surface area contributed by atoms with Crippen molar-refractivity contribution in [3.8, 4) is 11.5 Å². The van der Waals surface area contributed by atoms with Crippen molar-refractivity contribution < 1.29 is 27.1 Å². The van der Waals surface area contributed by atoms with E-state index in [1.807, 2.05) is 6.92 Å². The predicted molar refractivity (Wildman–Crippen MR) is 120 cm³/mol. The lowest BCUT2D eigenvalue weighted by Gasteiger charge is -2.24. The lowest BCUT2D eigenvalue weighted by atomic mass is 10.2. The lowest BCUT2D eigenvalue weighted by Crippen LogP contribution is -2.38. The summed E-state index contributed by atoms with van der Waals surface area (Å²) in [4.78, 5) is 12.9. The molecule has 0 atom stereocenters. The molecule has 9 heteroatoms. The first-order chi connectivity index (χ1) is 15.2. The molecule has 32 heavy (non-hydrogen) atoms. The largest absolute Gasteiger partial charge is 0.497 e. The Labute approximate surface area is 186 Å². The SMILES string of the molecule is COc1ccc(OC)c(NC(=O)CN(c2ccc(F)cc2)S(=O)(=O)c2ccc(C)cc2)c1. The van der Waals surface area contributed by atoms with Gasteiger partial charge in [0.25, 0.3) is 10.0 Å². The molecule has 0 aliphatic rings. The van der Waals surface area contributed by atoms with Crippen LogP contribution in [0, 0.1) is 12.7 Å². The van der Waals surface area contributed by atoms with E-state index in [-0.39, 0.29) is 10.6 Å². The minimum atomic E-state index is -4.11. The Morgan fingerprint density at radius 2 is 1.62 bits per heavy atom. The summed E-state index contributed by atoms with van der Waals surface area (Å²) in [7, 11) is -1.17. The van der Waals surface area contributed by atoms with Crippen LogP contribution in [0.3, 0.4) is 0 Å². The molecule has 0 aliphatic heterocycles. The van der Waals surface area contributed by atoms with Gasteiger partial charge in [-0.25, -0.2) is 12.8 Å².